The largest absolute Gasteiger partial charge is 0.282 e. The molecule has 1 amide bonds. The van der Waals surface area contributed by atoms with Crippen molar-refractivity contribution in [1.29, 1.82) is 5.26 Å². The number of aromatic nitrogens is 1. The van der Waals surface area contributed by atoms with E-state index in [1.807, 2.05) is 6.07 Å². The van der Waals surface area contributed by atoms with E-state index in [-0.39, 0.29) is 11.1 Å². The van der Waals surface area contributed by atoms with Gasteiger partial charge in [-0.3, -0.25) is 15.6 Å². The van der Waals surface area contributed by atoms with Crippen molar-refractivity contribution in [3.8, 4) is 6.07 Å². The van der Waals surface area contributed by atoms with Crippen molar-refractivity contribution in [3.05, 3.63) is 22.8 Å². The number of nitrogens with zero attached hydrogens (tertiary/aromatic N) is 2. The molecule has 2 N–H and O–H groups in total. The summed E-state index contributed by atoms with van der Waals surface area (Å²) in [6.07, 6.45) is 0. The molecule has 1 aromatic heterocycles. The second-order valence-corrected chi connectivity index (χ2v) is 2.87. The average molecular weight is 211 g/mol. The van der Waals surface area contributed by atoms with Crippen LogP contribution in [-0.2, 0) is 4.79 Å². The van der Waals surface area contributed by atoms with E-state index in [0.717, 1.165) is 0 Å². The average Bonchev–Trinajstić information content (AvgIpc) is 2.14. The highest BCUT2D eigenvalue weighted by molar-refractivity contribution is 6.29. The molecule has 0 aliphatic rings. The first kappa shape index (κ1) is 10.3. The Hall–Kier alpha value is -1.80. The molecule has 1 heterocycles. The van der Waals surface area contributed by atoms with Gasteiger partial charge < -0.3 is 0 Å². The molecule has 0 atom stereocenters. The van der Waals surface area contributed by atoms with E-state index in [4.69, 9.17) is 16.9 Å². The molecule has 0 aromatic carbocycles. The Morgan fingerprint density at radius 2 is 2.36 bits per heavy atom. The van der Waals surface area contributed by atoms with Gasteiger partial charge in [-0.15, -0.1) is 0 Å². The van der Waals surface area contributed by atoms with E-state index in [1.165, 1.54) is 19.1 Å². The zero-order chi connectivity index (χ0) is 10.6. The number of halogens is 1. The van der Waals surface area contributed by atoms with Gasteiger partial charge in [-0.1, -0.05) is 11.6 Å². The Morgan fingerprint density at radius 3 is 2.93 bits per heavy atom. The summed E-state index contributed by atoms with van der Waals surface area (Å²) in [6, 6.07) is 4.82. The summed E-state index contributed by atoms with van der Waals surface area (Å²) in [5.41, 5.74) is 5.21. The molecule has 72 valence electrons. The maximum atomic E-state index is 10.6. The van der Waals surface area contributed by atoms with Gasteiger partial charge in [0.1, 0.15) is 11.0 Å². The highest BCUT2D eigenvalue weighted by Crippen LogP contribution is 2.12. The molecule has 0 saturated heterocycles. The van der Waals surface area contributed by atoms with Crippen LogP contribution in [0.5, 0.6) is 0 Å². The number of hydrazine groups is 1. The summed E-state index contributed by atoms with van der Waals surface area (Å²) in [7, 11) is 0. The molecule has 6 heteroatoms. The standard InChI is InChI=1S/C8H7ClN4O/c1-5(14)12-13-8-3-6(4-10)2-7(9)11-8/h2-3H,1H3,(H,11,13)(H,12,14). The summed E-state index contributed by atoms with van der Waals surface area (Å²) < 4.78 is 0. The van der Waals surface area contributed by atoms with Crippen LogP contribution in [0.2, 0.25) is 5.15 Å². The predicted molar refractivity (Wildman–Crippen MR) is 51.4 cm³/mol. The zero-order valence-corrected chi connectivity index (χ0v) is 8.09. The number of anilines is 1. The minimum Gasteiger partial charge on any atom is -0.282 e. The number of carbonyl (C=O) groups is 1. The molecule has 14 heavy (non-hydrogen) atoms. The number of hydrogen-bond acceptors (Lipinski definition) is 4. The van der Waals surface area contributed by atoms with Crippen LogP contribution in [0.15, 0.2) is 12.1 Å². The maximum Gasteiger partial charge on any atom is 0.235 e. The molecule has 1 rings (SSSR count). The molecule has 0 aliphatic carbocycles. The lowest BCUT2D eigenvalue weighted by atomic mass is 10.3. The van der Waals surface area contributed by atoms with Crippen LogP contribution in [0.4, 0.5) is 5.82 Å². The summed E-state index contributed by atoms with van der Waals surface area (Å²) in [5, 5.41) is 8.80. The van der Waals surface area contributed by atoms with Crippen LogP contribution in [0, 0.1) is 11.3 Å². The van der Waals surface area contributed by atoms with Crippen LogP contribution in [0.1, 0.15) is 12.5 Å². The van der Waals surface area contributed by atoms with Crippen molar-refractivity contribution in [2.24, 2.45) is 0 Å². The lowest BCUT2D eigenvalue weighted by Gasteiger charge is -2.05. The molecule has 0 bridgehead atoms. The van der Waals surface area contributed by atoms with E-state index in [0.29, 0.717) is 11.4 Å². The lowest BCUT2D eigenvalue weighted by molar-refractivity contribution is -0.118. The fourth-order valence-electron chi connectivity index (χ4n) is 0.778. The highest BCUT2D eigenvalue weighted by Gasteiger charge is 2.00. The van der Waals surface area contributed by atoms with E-state index >= 15 is 0 Å². The Morgan fingerprint density at radius 1 is 1.64 bits per heavy atom. The molecule has 1 aromatic rings. The van der Waals surface area contributed by atoms with Gasteiger partial charge in [0, 0.05) is 13.0 Å². The molecule has 0 fully saturated rings. The molecule has 0 saturated carbocycles. The Bertz CT molecular complexity index is 399. The fourth-order valence-corrected chi connectivity index (χ4v) is 0.986. The molecule has 5 nitrogen and oxygen atoms in total. The van der Waals surface area contributed by atoms with E-state index in [2.05, 4.69) is 15.8 Å². The Labute approximate surface area is 85.7 Å². The van der Waals surface area contributed by atoms with Crippen molar-refractivity contribution >= 4 is 23.3 Å². The SMILES string of the molecule is CC(=O)NNc1cc(C#N)cc(Cl)n1. The number of carbonyl (C=O) groups excluding carboxylic acids is 1. The monoisotopic (exact) mass is 210 g/mol. The normalized spacial score (nSPS) is 8.93. The molecule has 0 spiro atoms. The fraction of sp³-hybridized carbons (Fsp3) is 0.125. The summed E-state index contributed by atoms with van der Waals surface area (Å²) in [5.74, 6) is 0.0644. The van der Waals surface area contributed by atoms with Crippen molar-refractivity contribution < 1.29 is 4.79 Å². The third-order valence-electron chi connectivity index (χ3n) is 1.29. The maximum absolute atomic E-state index is 10.6. The lowest BCUT2D eigenvalue weighted by Crippen LogP contribution is -2.27. The van der Waals surface area contributed by atoms with E-state index in [9.17, 15) is 4.79 Å². The molecule has 0 radical (unpaired) electrons. The smallest absolute Gasteiger partial charge is 0.235 e. The number of nitriles is 1. The van der Waals surface area contributed by atoms with Gasteiger partial charge in [-0.2, -0.15) is 5.26 Å². The van der Waals surface area contributed by atoms with Crippen LogP contribution in [0.3, 0.4) is 0 Å². The van der Waals surface area contributed by atoms with Crippen LogP contribution < -0.4 is 10.9 Å². The predicted octanol–water partition coefficient (Wildman–Crippen LogP) is 1.07. The van der Waals surface area contributed by atoms with Crippen LogP contribution in [-0.4, -0.2) is 10.9 Å². The number of pyridine rings is 1. The third-order valence-corrected chi connectivity index (χ3v) is 1.48. The molecular weight excluding hydrogens is 204 g/mol. The van der Waals surface area contributed by atoms with Gasteiger partial charge in [-0.25, -0.2) is 4.98 Å². The van der Waals surface area contributed by atoms with Gasteiger partial charge in [-0.05, 0) is 6.07 Å². The van der Waals surface area contributed by atoms with Gasteiger partial charge in [0.25, 0.3) is 0 Å². The van der Waals surface area contributed by atoms with E-state index in [1.54, 1.807) is 0 Å². The first-order valence-corrected chi connectivity index (χ1v) is 4.10. The molecular formula is C8H7ClN4O. The summed E-state index contributed by atoms with van der Waals surface area (Å²) in [4.78, 5) is 14.4. The number of nitrogens with one attached hydrogen (secondary N) is 2. The van der Waals surface area contributed by atoms with Gasteiger partial charge in [0.2, 0.25) is 5.91 Å². The van der Waals surface area contributed by atoms with Gasteiger partial charge in [0.15, 0.2) is 0 Å². The van der Waals surface area contributed by atoms with Crippen molar-refractivity contribution in [1.82, 2.24) is 10.4 Å². The second kappa shape index (κ2) is 4.44. The van der Waals surface area contributed by atoms with Gasteiger partial charge in [0.05, 0.1) is 11.6 Å². The summed E-state index contributed by atoms with van der Waals surface area (Å²) in [6.45, 7) is 1.35. The Kier molecular flexibility index (Phi) is 3.26. The van der Waals surface area contributed by atoms with Crippen LogP contribution in [0.25, 0.3) is 0 Å². The summed E-state index contributed by atoms with van der Waals surface area (Å²) >= 11 is 5.63. The zero-order valence-electron chi connectivity index (χ0n) is 7.34. The first-order chi connectivity index (χ1) is 6.61. The highest BCUT2D eigenvalue weighted by atomic mass is 35.5. The van der Waals surface area contributed by atoms with Crippen LogP contribution >= 0.6 is 11.6 Å². The topological polar surface area (TPSA) is 77.8 Å². The second-order valence-electron chi connectivity index (χ2n) is 2.48. The Balaban J connectivity index is 2.82. The van der Waals surface area contributed by atoms with Gasteiger partial charge >= 0.3 is 0 Å². The quantitative estimate of drug-likeness (QED) is 0.566. The third kappa shape index (κ3) is 2.92. The number of rotatable bonds is 2. The number of amides is 1. The van der Waals surface area contributed by atoms with Crippen molar-refractivity contribution in [2.45, 2.75) is 6.92 Å². The van der Waals surface area contributed by atoms with Crippen molar-refractivity contribution in [2.75, 3.05) is 5.43 Å². The number of hydrogen-bond donors (Lipinski definition) is 2. The first-order valence-electron chi connectivity index (χ1n) is 3.72. The molecule has 0 unspecified atom stereocenters. The van der Waals surface area contributed by atoms with Crippen molar-refractivity contribution in [3.63, 3.8) is 0 Å². The molecule has 0 aliphatic heterocycles. The minimum absolute atomic E-state index is 0.192. The van der Waals surface area contributed by atoms with E-state index < -0.39 is 0 Å². The minimum atomic E-state index is -0.259.